The Labute approximate surface area is 123 Å². The number of hydrogen-bond acceptors (Lipinski definition) is 1. The van der Waals surface area contributed by atoms with Gasteiger partial charge in [0.1, 0.15) is 11.6 Å². The fourth-order valence-electron chi connectivity index (χ4n) is 2.28. The molecule has 0 unspecified atom stereocenters. The molecule has 1 aromatic heterocycles. The van der Waals surface area contributed by atoms with E-state index in [4.69, 9.17) is 11.6 Å². The Kier molecular flexibility index (Phi) is 3.37. The maximum absolute atomic E-state index is 14.0. The highest BCUT2D eigenvalue weighted by atomic mass is 35.5. The van der Waals surface area contributed by atoms with Crippen LogP contribution in [-0.2, 0) is 5.88 Å². The molecule has 0 fully saturated rings. The highest BCUT2D eigenvalue weighted by molar-refractivity contribution is 6.17. The summed E-state index contributed by atoms with van der Waals surface area (Å²) in [5.41, 5.74) is 2.07. The van der Waals surface area contributed by atoms with Crippen LogP contribution in [0.25, 0.3) is 16.7 Å². The van der Waals surface area contributed by atoms with E-state index in [0.29, 0.717) is 22.9 Å². The number of imidazole rings is 1. The van der Waals surface area contributed by atoms with Crippen molar-refractivity contribution in [2.45, 2.75) is 12.8 Å². The summed E-state index contributed by atoms with van der Waals surface area (Å²) in [6.45, 7) is 1.90. The Hall–Kier alpha value is -2.01. The van der Waals surface area contributed by atoms with Gasteiger partial charge < -0.3 is 0 Å². The van der Waals surface area contributed by atoms with Gasteiger partial charge in [0.2, 0.25) is 0 Å². The van der Waals surface area contributed by atoms with Crippen LogP contribution in [0.15, 0.2) is 30.3 Å². The number of fused-ring (bicyclic) bond motifs is 1. The first-order valence-corrected chi connectivity index (χ1v) is 6.73. The molecule has 0 atom stereocenters. The number of aryl methyl sites for hydroxylation is 1. The van der Waals surface area contributed by atoms with E-state index in [1.807, 2.05) is 19.1 Å². The lowest BCUT2D eigenvalue weighted by Crippen LogP contribution is -2.04. The molecule has 2 aromatic carbocycles. The van der Waals surface area contributed by atoms with Crippen molar-refractivity contribution in [3.05, 3.63) is 59.2 Å². The highest BCUT2D eigenvalue weighted by Crippen LogP contribution is 2.26. The zero-order chi connectivity index (χ0) is 15.1. The third-order valence-electron chi connectivity index (χ3n) is 3.23. The van der Waals surface area contributed by atoms with Crippen molar-refractivity contribution in [2.24, 2.45) is 0 Å². The van der Waals surface area contributed by atoms with Crippen LogP contribution in [0.3, 0.4) is 0 Å². The van der Waals surface area contributed by atoms with E-state index in [9.17, 15) is 13.2 Å². The summed E-state index contributed by atoms with van der Waals surface area (Å²) in [5, 5.41) is 0. The molecule has 3 aromatic rings. The standard InChI is InChI=1S/C15H10ClF3N2/c1-8-2-3-13-12(4-8)20-15(7-16)21(13)14-6-10(18)9(17)5-11(14)19/h2-6H,7H2,1H3. The number of rotatable bonds is 2. The average Bonchev–Trinajstić information content (AvgIpc) is 2.80. The Morgan fingerprint density at radius 3 is 2.48 bits per heavy atom. The van der Waals surface area contributed by atoms with Gasteiger partial charge >= 0.3 is 0 Å². The lowest BCUT2D eigenvalue weighted by atomic mass is 10.2. The van der Waals surface area contributed by atoms with Gasteiger partial charge in [-0.1, -0.05) is 6.07 Å². The number of hydrogen-bond donors (Lipinski definition) is 0. The zero-order valence-electron chi connectivity index (χ0n) is 11.0. The molecule has 2 nitrogen and oxygen atoms in total. The molecule has 0 spiro atoms. The third-order valence-corrected chi connectivity index (χ3v) is 3.47. The van der Waals surface area contributed by atoms with Gasteiger partial charge in [0.05, 0.1) is 22.6 Å². The van der Waals surface area contributed by atoms with Gasteiger partial charge in [-0.3, -0.25) is 4.57 Å². The molecule has 3 rings (SSSR count). The van der Waals surface area contributed by atoms with Gasteiger partial charge in [-0.25, -0.2) is 18.2 Å². The topological polar surface area (TPSA) is 17.8 Å². The number of halogens is 4. The van der Waals surface area contributed by atoms with Gasteiger partial charge in [-0.2, -0.15) is 0 Å². The number of alkyl halides is 1. The molecule has 0 aliphatic rings. The van der Waals surface area contributed by atoms with Gasteiger partial charge in [-0.15, -0.1) is 11.6 Å². The minimum atomic E-state index is -1.23. The van der Waals surface area contributed by atoms with Crippen molar-refractivity contribution < 1.29 is 13.2 Å². The van der Waals surface area contributed by atoms with E-state index >= 15 is 0 Å². The van der Waals surface area contributed by atoms with Gasteiger partial charge in [0.15, 0.2) is 11.6 Å². The summed E-state index contributed by atoms with van der Waals surface area (Å²) in [6, 6.07) is 6.72. The fraction of sp³-hybridized carbons (Fsp3) is 0.133. The minimum Gasteiger partial charge on any atom is -0.292 e. The third kappa shape index (κ3) is 2.27. The van der Waals surface area contributed by atoms with Crippen molar-refractivity contribution in [3.8, 4) is 5.69 Å². The second-order valence-corrected chi connectivity index (χ2v) is 4.97. The first-order valence-electron chi connectivity index (χ1n) is 6.20. The molecular weight excluding hydrogens is 301 g/mol. The largest absolute Gasteiger partial charge is 0.292 e. The van der Waals surface area contributed by atoms with Crippen LogP contribution in [0.2, 0.25) is 0 Å². The molecule has 0 N–H and O–H groups in total. The monoisotopic (exact) mass is 310 g/mol. The minimum absolute atomic E-state index is 0.0200. The molecular formula is C15H10ClF3N2. The molecule has 0 aliphatic carbocycles. The Bertz CT molecular complexity index is 843. The van der Waals surface area contributed by atoms with Crippen LogP contribution >= 0.6 is 11.6 Å². The SMILES string of the molecule is Cc1ccc2c(c1)nc(CCl)n2-c1cc(F)c(F)cc1F. The number of benzene rings is 2. The first kappa shape index (κ1) is 13.9. The maximum atomic E-state index is 14.0. The van der Waals surface area contributed by atoms with E-state index in [2.05, 4.69) is 4.98 Å². The molecule has 108 valence electrons. The summed E-state index contributed by atoms with van der Waals surface area (Å²) in [5.74, 6) is -2.85. The predicted molar refractivity (Wildman–Crippen MR) is 75.2 cm³/mol. The molecule has 0 radical (unpaired) electrons. The normalized spacial score (nSPS) is 11.3. The number of aromatic nitrogens is 2. The average molecular weight is 311 g/mol. The van der Waals surface area contributed by atoms with Crippen LogP contribution in [0.1, 0.15) is 11.4 Å². The van der Waals surface area contributed by atoms with E-state index < -0.39 is 17.5 Å². The van der Waals surface area contributed by atoms with Crippen molar-refractivity contribution in [1.82, 2.24) is 9.55 Å². The summed E-state index contributed by atoms with van der Waals surface area (Å²) in [4.78, 5) is 4.31. The van der Waals surface area contributed by atoms with Crippen LogP contribution in [0.4, 0.5) is 13.2 Å². The molecule has 1 heterocycles. The fourth-order valence-corrected chi connectivity index (χ4v) is 2.46. The maximum Gasteiger partial charge on any atom is 0.161 e. The molecule has 0 saturated heterocycles. The van der Waals surface area contributed by atoms with Crippen LogP contribution in [-0.4, -0.2) is 9.55 Å². The number of nitrogens with zero attached hydrogens (tertiary/aromatic N) is 2. The molecule has 21 heavy (non-hydrogen) atoms. The molecule has 0 aliphatic heterocycles. The Morgan fingerprint density at radius 2 is 1.76 bits per heavy atom. The van der Waals surface area contributed by atoms with Crippen LogP contribution < -0.4 is 0 Å². The van der Waals surface area contributed by atoms with Crippen molar-refractivity contribution in [3.63, 3.8) is 0 Å². The van der Waals surface area contributed by atoms with E-state index in [-0.39, 0.29) is 11.6 Å². The molecule has 0 saturated carbocycles. The van der Waals surface area contributed by atoms with Gasteiger partial charge in [0, 0.05) is 12.1 Å². The Morgan fingerprint density at radius 1 is 1.05 bits per heavy atom. The predicted octanol–water partition coefficient (Wildman–Crippen LogP) is 4.49. The second-order valence-electron chi connectivity index (χ2n) is 4.71. The Balaban J connectivity index is 2.36. The summed E-state index contributed by atoms with van der Waals surface area (Å²) < 4.78 is 41.9. The van der Waals surface area contributed by atoms with Gasteiger partial charge in [-0.05, 0) is 24.6 Å². The van der Waals surface area contributed by atoms with Crippen molar-refractivity contribution in [2.75, 3.05) is 0 Å². The molecule has 6 heteroatoms. The molecule has 0 amide bonds. The molecule has 0 bridgehead atoms. The summed E-state index contributed by atoms with van der Waals surface area (Å²) in [6.07, 6.45) is 0. The highest BCUT2D eigenvalue weighted by Gasteiger charge is 2.17. The van der Waals surface area contributed by atoms with Gasteiger partial charge in [0.25, 0.3) is 0 Å². The van der Waals surface area contributed by atoms with Crippen LogP contribution in [0.5, 0.6) is 0 Å². The van der Waals surface area contributed by atoms with Crippen LogP contribution in [0, 0.1) is 24.4 Å². The summed E-state index contributed by atoms with van der Waals surface area (Å²) in [7, 11) is 0. The lowest BCUT2D eigenvalue weighted by molar-refractivity contribution is 0.493. The smallest absolute Gasteiger partial charge is 0.161 e. The van der Waals surface area contributed by atoms with E-state index in [0.717, 1.165) is 11.6 Å². The first-order chi connectivity index (χ1) is 10.0. The zero-order valence-corrected chi connectivity index (χ0v) is 11.8. The summed E-state index contributed by atoms with van der Waals surface area (Å²) >= 11 is 5.84. The van der Waals surface area contributed by atoms with E-state index in [1.54, 1.807) is 6.07 Å². The second kappa shape index (κ2) is 5.07. The van der Waals surface area contributed by atoms with Crippen molar-refractivity contribution >= 4 is 22.6 Å². The van der Waals surface area contributed by atoms with Crippen molar-refractivity contribution in [1.29, 1.82) is 0 Å². The lowest BCUT2D eigenvalue weighted by Gasteiger charge is -2.09. The van der Waals surface area contributed by atoms with E-state index in [1.165, 1.54) is 4.57 Å². The quantitative estimate of drug-likeness (QED) is 0.504.